The highest BCUT2D eigenvalue weighted by Gasteiger charge is 2.25. The molecule has 2 heterocycles. The van der Waals surface area contributed by atoms with Crippen LogP contribution in [0.2, 0.25) is 0 Å². The van der Waals surface area contributed by atoms with Gasteiger partial charge in [-0.2, -0.15) is 0 Å². The molecule has 0 atom stereocenters. The zero-order chi connectivity index (χ0) is 21.5. The number of carbonyl (C=O) groups is 2. The summed E-state index contributed by atoms with van der Waals surface area (Å²) in [5, 5.41) is 10.1. The van der Waals surface area contributed by atoms with Gasteiger partial charge in [0.1, 0.15) is 5.60 Å². The van der Waals surface area contributed by atoms with Crippen LogP contribution in [0.15, 0.2) is 48.7 Å². The van der Waals surface area contributed by atoms with E-state index in [9.17, 15) is 14.7 Å². The minimum Gasteiger partial charge on any atom is -0.478 e. The number of ether oxygens (including phenoxy) is 1. The zero-order valence-electron chi connectivity index (χ0n) is 17.3. The highest BCUT2D eigenvalue weighted by molar-refractivity contribution is 6.03. The Bertz CT molecular complexity index is 1150. The van der Waals surface area contributed by atoms with Crippen LogP contribution >= 0.6 is 0 Å². The molecule has 1 N–H and O–H groups in total. The number of hydrogen-bond donors (Lipinski definition) is 1. The molecule has 2 aromatic carbocycles. The highest BCUT2D eigenvalue weighted by Crippen LogP contribution is 2.29. The quantitative estimate of drug-likeness (QED) is 0.658. The lowest BCUT2D eigenvalue weighted by molar-refractivity contribution is 0.0224. The zero-order valence-corrected chi connectivity index (χ0v) is 17.3. The first-order valence-corrected chi connectivity index (χ1v) is 9.93. The summed E-state index contributed by atoms with van der Waals surface area (Å²) in [4.78, 5) is 29.9. The average molecular weight is 404 g/mol. The van der Waals surface area contributed by atoms with Crippen molar-refractivity contribution >= 4 is 23.0 Å². The van der Waals surface area contributed by atoms with E-state index in [0.717, 1.165) is 23.1 Å². The SMILES string of the molecule is CC(C)(C)OC(=O)N1CCc2cc(-c3ccc4nccc(C(=O)O)c4c3)ccc2C1. The Morgan fingerprint density at radius 2 is 1.77 bits per heavy atom. The number of carbonyl (C=O) groups excluding carboxylic acids is 1. The van der Waals surface area contributed by atoms with Crippen molar-refractivity contribution in [2.45, 2.75) is 39.3 Å². The van der Waals surface area contributed by atoms with Crippen LogP contribution in [0.1, 0.15) is 42.3 Å². The fraction of sp³-hybridized carbons (Fsp3) is 0.292. The van der Waals surface area contributed by atoms with Crippen LogP contribution in [0.25, 0.3) is 22.0 Å². The van der Waals surface area contributed by atoms with Crippen molar-refractivity contribution in [3.63, 3.8) is 0 Å². The molecule has 0 radical (unpaired) electrons. The summed E-state index contributed by atoms with van der Waals surface area (Å²) in [5.41, 5.74) is 4.64. The van der Waals surface area contributed by atoms with E-state index in [1.807, 2.05) is 51.1 Å². The van der Waals surface area contributed by atoms with Gasteiger partial charge in [-0.1, -0.05) is 24.3 Å². The molecule has 0 spiro atoms. The number of benzene rings is 2. The number of hydrogen-bond acceptors (Lipinski definition) is 4. The first-order valence-electron chi connectivity index (χ1n) is 9.93. The predicted octanol–water partition coefficient (Wildman–Crippen LogP) is 4.89. The molecular formula is C24H24N2O4. The lowest BCUT2D eigenvalue weighted by Crippen LogP contribution is -2.39. The Morgan fingerprint density at radius 3 is 2.50 bits per heavy atom. The van der Waals surface area contributed by atoms with Crippen molar-refractivity contribution in [2.24, 2.45) is 0 Å². The molecule has 1 aliphatic heterocycles. The van der Waals surface area contributed by atoms with Crippen LogP contribution in [0.4, 0.5) is 4.79 Å². The molecule has 6 heteroatoms. The number of rotatable bonds is 2. The van der Waals surface area contributed by atoms with Gasteiger partial charge in [0.15, 0.2) is 0 Å². The van der Waals surface area contributed by atoms with Crippen molar-refractivity contribution < 1.29 is 19.4 Å². The summed E-state index contributed by atoms with van der Waals surface area (Å²) in [7, 11) is 0. The first-order chi connectivity index (χ1) is 14.2. The normalized spacial score (nSPS) is 13.8. The summed E-state index contributed by atoms with van der Waals surface area (Å²) in [6.07, 6.45) is 1.97. The minimum atomic E-state index is -0.966. The molecule has 30 heavy (non-hydrogen) atoms. The Kier molecular flexibility index (Phi) is 4.94. The van der Waals surface area contributed by atoms with E-state index in [1.165, 1.54) is 17.8 Å². The van der Waals surface area contributed by atoms with E-state index in [4.69, 9.17) is 4.74 Å². The van der Waals surface area contributed by atoms with E-state index < -0.39 is 11.6 Å². The molecule has 1 aromatic heterocycles. The minimum absolute atomic E-state index is 0.243. The number of aromatic nitrogens is 1. The van der Waals surface area contributed by atoms with Gasteiger partial charge in [-0.15, -0.1) is 0 Å². The van der Waals surface area contributed by atoms with Crippen LogP contribution in [-0.4, -0.2) is 39.2 Å². The number of fused-ring (bicyclic) bond motifs is 2. The summed E-state index contributed by atoms with van der Waals surface area (Å²) in [6, 6.07) is 13.4. The van der Waals surface area contributed by atoms with Gasteiger partial charge in [0.2, 0.25) is 0 Å². The third-order valence-electron chi connectivity index (χ3n) is 5.18. The fourth-order valence-corrected chi connectivity index (χ4v) is 3.73. The first kappa shape index (κ1) is 19.9. The second kappa shape index (κ2) is 7.44. The average Bonchev–Trinajstić information content (AvgIpc) is 2.70. The molecule has 0 unspecified atom stereocenters. The second-order valence-electron chi connectivity index (χ2n) is 8.53. The Morgan fingerprint density at radius 1 is 1.03 bits per heavy atom. The van der Waals surface area contributed by atoms with Crippen LogP contribution in [0.3, 0.4) is 0 Å². The van der Waals surface area contributed by atoms with Gasteiger partial charge in [0.25, 0.3) is 0 Å². The maximum absolute atomic E-state index is 12.4. The van der Waals surface area contributed by atoms with E-state index in [1.54, 1.807) is 4.90 Å². The molecule has 0 fully saturated rings. The van der Waals surface area contributed by atoms with Crippen molar-refractivity contribution in [3.05, 3.63) is 65.4 Å². The van der Waals surface area contributed by atoms with Crippen LogP contribution < -0.4 is 0 Å². The number of amides is 1. The topological polar surface area (TPSA) is 79.7 Å². The summed E-state index contributed by atoms with van der Waals surface area (Å²) in [6.45, 7) is 6.73. The van der Waals surface area contributed by atoms with Crippen molar-refractivity contribution in [1.82, 2.24) is 9.88 Å². The molecule has 154 valence electrons. The monoisotopic (exact) mass is 404 g/mol. The second-order valence-corrected chi connectivity index (χ2v) is 8.53. The Balaban J connectivity index is 1.62. The summed E-state index contributed by atoms with van der Waals surface area (Å²) in [5.74, 6) is -0.966. The van der Waals surface area contributed by atoms with Gasteiger partial charge in [0.05, 0.1) is 11.1 Å². The van der Waals surface area contributed by atoms with Crippen LogP contribution in [0.5, 0.6) is 0 Å². The van der Waals surface area contributed by atoms with Gasteiger partial charge >= 0.3 is 12.1 Å². The number of aromatic carboxylic acids is 1. The molecule has 1 amide bonds. The lowest BCUT2D eigenvalue weighted by Gasteiger charge is -2.31. The van der Waals surface area contributed by atoms with E-state index >= 15 is 0 Å². The Hall–Kier alpha value is -3.41. The molecule has 0 saturated heterocycles. The van der Waals surface area contributed by atoms with Crippen molar-refractivity contribution in [3.8, 4) is 11.1 Å². The van der Waals surface area contributed by atoms with Gasteiger partial charge in [-0.25, -0.2) is 9.59 Å². The third-order valence-corrected chi connectivity index (χ3v) is 5.18. The van der Waals surface area contributed by atoms with Crippen LogP contribution in [0, 0.1) is 0 Å². The molecule has 0 bridgehead atoms. The molecular weight excluding hydrogens is 380 g/mol. The van der Waals surface area contributed by atoms with Crippen LogP contribution in [-0.2, 0) is 17.7 Å². The van der Waals surface area contributed by atoms with Gasteiger partial charge in [-0.05, 0) is 67.6 Å². The molecule has 1 aliphatic rings. The molecule has 0 saturated carbocycles. The third kappa shape index (κ3) is 3.99. The Labute approximate surface area is 175 Å². The maximum Gasteiger partial charge on any atom is 0.410 e. The van der Waals surface area contributed by atoms with Gasteiger partial charge < -0.3 is 14.7 Å². The molecule has 0 aliphatic carbocycles. The highest BCUT2D eigenvalue weighted by atomic mass is 16.6. The van der Waals surface area contributed by atoms with E-state index in [0.29, 0.717) is 24.0 Å². The maximum atomic E-state index is 12.4. The van der Waals surface area contributed by atoms with E-state index in [-0.39, 0.29) is 11.7 Å². The summed E-state index contributed by atoms with van der Waals surface area (Å²) >= 11 is 0. The fourth-order valence-electron chi connectivity index (χ4n) is 3.73. The molecule has 3 aromatic rings. The number of pyridine rings is 1. The van der Waals surface area contributed by atoms with Crippen molar-refractivity contribution in [2.75, 3.05) is 6.54 Å². The smallest absolute Gasteiger partial charge is 0.410 e. The largest absolute Gasteiger partial charge is 0.478 e. The lowest BCUT2D eigenvalue weighted by atomic mass is 9.94. The van der Waals surface area contributed by atoms with E-state index in [2.05, 4.69) is 11.1 Å². The molecule has 4 rings (SSSR count). The van der Waals surface area contributed by atoms with Gasteiger partial charge in [-0.3, -0.25) is 4.98 Å². The number of carboxylic acids is 1. The summed E-state index contributed by atoms with van der Waals surface area (Å²) < 4.78 is 5.49. The van der Waals surface area contributed by atoms with Crippen molar-refractivity contribution in [1.29, 1.82) is 0 Å². The number of nitrogens with zero attached hydrogens (tertiary/aromatic N) is 2. The molecule has 6 nitrogen and oxygen atoms in total. The standard InChI is InChI=1S/C24H24N2O4/c1-24(2,3)30-23(29)26-11-9-17-12-15(4-5-18(17)14-26)16-6-7-21-20(13-16)19(22(27)28)8-10-25-21/h4-8,10,12-13H,9,11,14H2,1-3H3,(H,27,28). The van der Waals surface area contributed by atoms with Gasteiger partial charge in [0, 0.05) is 24.7 Å². The number of carboxylic acid groups (broad SMARTS) is 1. The predicted molar refractivity (Wildman–Crippen MR) is 114 cm³/mol.